The van der Waals surface area contributed by atoms with Crippen LogP contribution in [0.15, 0.2) is 91.3 Å². The van der Waals surface area contributed by atoms with Crippen molar-refractivity contribution in [2.75, 3.05) is 52.6 Å². The number of ether oxygens (including phenoxy) is 3. The Morgan fingerprint density at radius 1 is 0.818 bits per heavy atom. The number of carbonyl (C=O) groups excluding carboxylic acids is 1. The largest absolute Gasteiger partial charge is 0.492 e. The van der Waals surface area contributed by atoms with E-state index in [2.05, 4.69) is 52.3 Å². The molecule has 0 saturated carbocycles. The lowest BCUT2D eigenvalue weighted by Crippen LogP contribution is -2.34. The lowest BCUT2D eigenvalue weighted by molar-refractivity contribution is 0.0571. The van der Waals surface area contributed by atoms with Gasteiger partial charge in [0, 0.05) is 49.6 Å². The molecule has 0 N–H and O–H groups in total. The molecular formula is C37H41N3O4. The third kappa shape index (κ3) is 8.04. The molecule has 2 aliphatic rings. The molecule has 1 saturated heterocycles. The predicted molar refractivity (Wildman–Crippen MR) is 172 cm³/mol. The number of rotatable bonds is 6. The number of carbonyl (C=O) groups is 1. The number of amides is 1. The first kappa shape index (κ1) is 29.9. The molecule has 228 valence electrons. The van der Waals surface area contributed by atoms with E-state index in [1.165, 1.54) is 24.8 Å². The second-order valence-electron chi connectivity index (χ2n) is 11.5. The minimum atomic E-state index is -0.0197. The highest BCUT2D eigenvalue weighted by Gasteiger charge is 2.18. The van der Waals surface area contributed by atoms with Crippen molar-refractivity contribution >= 4 is 5.91 Å². The quantitative estimate of drug-likeness (QED) is 0.264. The van der Waals surface area contributed by atoms with Crippen LogP contribution < -0.4 is 9.47 Å². The predicted octanol–water partition coefficient (Wildman–Crippen LogP) is 6.26. The lowest BCUT2D eigenvalue weighted by Gasteiger charge is -2.26. The molecule has 1 fully saturated rings. The van der Waals surface area contributed by atoms with Crippen molar-refractivity contribution in [3.8, 4) is 22.6 Å². The van der Waals surface area contributed by atoms with Crippen LogP contribution in [0.2, 0.25) is 0 Å². The number of likely N-dealkylation sites (tertiary alicyclic amines) is 1. The van der Waals surface area contributed by atoms with E-state index in [1.54, 1.807) is 6.20 Å². The zero-order valence-corrected chi connectivity index (χ0v) is 25.3. The van der Waals surface area contributed by atoms with E-state index in [-0.39, 0.29) is 5.91 Å². The number of hydrogen-bond acceptors (Lipinski definition) is 6. The molecule has 0 aliphatic carbocycles. The van der Waals surface area contributed by atoms with Gasteiger partial charge in [-0.2, -0.15) is 0 Å². The summed E-state index contributed by atoms with van der Waals surface area (Å²) in [5.74, 6) is 1.63. The summed E-state index contributed by atoms with van der Waals surface area (Å²) in [6.07, 6.45) is 8.26. The van der Waals surface area contributed by atoms with Crippen LogP contribution in [0.1, 0.15) is 46.3 Å². The fourth-order valence-electron chi connectivity index (χ4n) is 5.94. The molecule has 7 nitrogen and oxygen atoms in total. The minimum absolute atomic E-state index is 0.0197. The molecule has 3 heterocycles. The second kappa shape index (κ2) is 15.0. The van der Waals surface area contributed by atoms with Crippen molar-refractivity contribution < 1.29 is 19.0 Å². The average molecular weight is 592 g/mol. The first-order valence-corrected chi connectivity index (χ1v) is 15.8. The lowest BCUT2D eigenvalue weighted by atomic mass is 9.98. The van der Waals surface area contributed by atoms with Crippen molar-refractivity contribution in [2.45, 2.75) is 32.2 Å². The smallest absolute Gasteiger partial charge is 0.254 e. The summed E-state index contributed by atoms with van der Waals surface area (Å²) in [6.45, 7) is 6.22. The molecule has 0 unspecified atom stereocenters. The third-order valence-electron chi connectivity index (χ3n) is 8.32. The second-order valence-corrected chi connectivity index (χ2v) is 11.5. The molecule has 7 heteroatoms. The van der Waals surface area contributed by atoms with Gasteiger partial charge in [-0.1, -0.05) is 42.8 Å². The molecular weight excluding hydrogens is 550 g/mol. The SMILES string of the molecule is O=C(c1ccc(OCCN2CCCCC2)cc1)N1CCOCCOc2ccc(-c3cccnc3)cc2Cc2cccc(c2)C1. The van der Waals surface area contributed by atoms with E-state index in [0.29, 0.717) is 51.5 Å². The standard InChI is InChI=1S/C37H41N3O4/c41-37(31-9-12-35(13-10-31)43-21-18-39-16-2-1-3-17-39)40-19-20-42-22-23-44-36-14-11-32(33-8-5-15-38-27-33)26-34(36)25-29-6-4-7-30(24-29)28-40/h4-15,24,26-27H,1-3,16-23,25,28H2. The van der Waals surface area contributed by atoms with E-state index in [4.69, 9.17) is 14.2 Å². The van der Waals surface area contributed by atoms with Crippen molar-refractivity contribution in [3.63, 3.8) is 0 Å². The first-order chi connectivity index (χ1) is 21.7. The van der Waals surface area contributed by atoms with Gasteiger partial charge in [-0.25, -0.2) is 0 Å². The Morgan fingerprint density at radius 2 is 1.68 bits per heavy atom. The molecule has 1 amide bonds. The zero-order chi connectivity index (χ0) is 30.0. The zero-order valence-electron chi connectivity index (χ0n) is 25.3. The number of pyridine rings is 1. The number of piperidine rings is 1. The van der Waals surface area contributed by atoms with Crippen molar-refractivity contribution in [1.82, 2.24) is 14.8 Å². The van der Waals surface area contributed by atoms with Gasteiger partial charge in [-0.15, -0.1) is 0 Å². The van der Waals surface area contributed by atoms with Crippen LogP contribution in [0.3, 0.4) is 0 Å². The monoisotopic (exact) mass is 591 g/mol. The van der Waals surface area contributed by atoms with Crippen LogP contribution in [0, 0.1) is 0 Å². The maximum Gasteiger partial charge on any atom is 0.254 e. The average Bonchev–Trinajstić information content (AvgIpc) is 3.07. The van der Waals surface area contributed by atoms with E-state index in [1.807, 2.05) is 47.5 Å². The molecule has 4 aromatic rings. The Kier molecular flexibility index (Phi) is 10.2. The maximum absolute atomic E-state index is 13.7. The van der Waals surface area contributed by atoms with Crippen LogP contribution in [0.5, 0.6) is 11.5 Å². The van der Waals surface area contributed by atoms with Gasteiger partial charge in [-0.3, -0.25) is 14.7 Å². The highest BCUT2D eigenvalue weighted by atomic mass is 16.5. The van der Waals surface area contributed by atoms with Gasteiger partial charge in [0.15, 0.2) is 0 Å². The van der Waals surface area contributed by atoms with Crippen LogP contribution in [-0.2, 0) is 17.7 Å². The maximum atomic E-state index is 13.7. The molecule has 3 aromatic carbocycles. The van der Waals surface area contributed by atoms with E-state index in [9.17, 15) is 4.79 Å². The summed E-state index contributed by atoms with van der Waals surface area (Å²) in [5, 5.41) is 0. The van der Waals surface area contributed by atoms with Crippen LogP contribution in [0.25, 0.3) is 11.1 Å². The third-order valence-corrected chi connectivity index (χ3v) is 8.32. The van der Waals surface area contributed by atoms with Gasteiger partial charge in [0.05, 0.1) is 13.2 Å². The molecule has 0 radical (unpaired) electrons. The highest BCUT2D eigenvalue weighted by molar-refractivity contribution is 5.94. The normalized spacial score (nSPS) is 16.3. The summed E-state index contributed by atoms with van der Waals surface area (Å²) in [7, 11) is 0. The van der Waals surface area contributed by atoms with Gasteiger partial charge in [0.2, 0.25) is 0 Å². The van der Waals surface area contributed by atoms with Crippen molar-refractivity contribution in [3.05, 3.63) is 114 Å². The minimum Gasteiger partial charge on any atom is -0.492 e. The summed E-state index contributed by atoms with van der Waals surface area (Å²) < 4.78 is 18.1. The van der Waals surface area contributed by atoms with Gasteiger partial charge in [0.25, 0.3) is 5.91 Å². The Labute approximate surface area is 260 Å². The molecule has 0 atom stereocenters. The van der Waals surface area contributed by atoms with Gasteiger partial charge in [0.1, 0.15) is 24.7 Å². The molecule has 6 rings (SSSR count). The fourth-order valence-corrected chi connectivity index (χ4v) is 5.94. The topological polar surface area (TPSA) is 64.1 Å². The van der Waals surface area contributed by atoms with E-state index in [0.717, 1.165) is 53.4 Å². The Balaban J connectivity index is 1.15. The van der Waals surface area contributed by atoms with Gasteiger partial charge in [-0.05, 0) is 90.6 Å². The Morgan fingerprint density at radius 3 is 2.52 bits per heavy atom. The summed E-state index contributed by atoms with van der Waals surface area (Å²) in [4.78, 5) is 22.3. The van der Waals surface area contributed by atoms with Crippen molar-refractivity contribution in [1.29, 1.82) is 0 Å². The van der Waals surface area contributed by atoms with Crippen LogP contribution >= 0.6 is 0 Å². The highest BCUT2D eigenvalue weighted by Crippen LogP contribution is 2.29. The molecule has 0 spiro atoms. The molecule has 1 aromatic heterocycles. The number of benzene rings is 3. The van der Waals surface area contributed by atoms with Gasteiger partial charge >= 0.3 is 0 Å². The molecule has 2 bridgehead atoms. The molecule has 2 aliphatic heterocycles. The number of hydrogen-bond donors (Lipinski definition) is 0. The number of nitrogens with zero attached hydrogens (tertiary/aromatic N) is 3. The summed E-state index contributed by atoms with van der Waals surface area (Å²) in [6, 6.07) is 26.3. The van der Waals surface area contributed by atoms with Crippen LogP contribution in [-0.4, -0.2) is 73.3 Å². The van der Waals surface area contributed by atoms with Crippen molar-refractivity contribution in [2.24, 2.45) is 0 Å². The van der Waals surface area contributed by atoms with E-state index < -0.39 is 0 Å². The fraction of sp³-hybridized carbons (Fsp3) is 0.351. The summed E-state index contributed by atoms with van der Waals surface area (Å²) in [5.41, 5.74) is 6.17. The number of fused-ring (bicyclic) bond motifs is 3. The Bertz CT molecular complexity index is 1500. The van der Waals surface area contributed by atoms with Crippen LogP contribution in [0.4, 0.5) is 0 Å². The number of aromatic nitrogens is 1. The molecule has 44 heavy (non-hydrogen) atoms. The summed E-state index contributed by atoms with van der Waals surface area (Å²) >= 11 is 0. The first-order valence-electron chi connectivity index (χ1n) is 15.8. The van der Waals surface area contributed by atoms with Gasteiger partial charge < -0.3 is 19.1 Å². The Hall–Kier alpha value is -4.20. The van der Waals surface area contributed by atoms with E-state index >= 15 is 0 Å².